The lowest BCUT2D eigenvalue weighted by molar-refractivity contribution is -0.0170. The molecule has 2 saturated heterocycles. The largest absolute Gasteiger partial charge is 0.383 e. The molecule has 0 spiro atoms. The summed E-state index contributed by atoms with van der Waals surface area (Å²) in [4.78, 5) is 5.40. The average molecular weight is 240 g/mol. The van der Waals surface area contributed by atoms with Crippen LogP contribution in [0.4, 0.5) is 0 Å². The van der Waals surface area contributed by atoms with Gasteiger partial charge in [0.2, 0.25) is 0 Å². The Morgan fingerprint density at radius 3 is 2.76 bits per heavy atom. The fourth-order valence-corrected chi connectivity index (χ4v) is 3.37. The van der Waals surface area contributed by atoms with Gasteiger partial charge in [0, 0.05) is 38.8 Å². The van der Waals surface area contributed by atoms with Crippen molar-refractivity contribution < 1.29 is 4.74 Å². The molecule has 2 aliphatic rings. The number of hydrogen-bond acceptors (Lipinski definition) is 3. The minimum atomic E-state index is 0.722. The molecular formula is C14H28N2O. The molecule has 0 N–H and O–H groups in total. The molecule has 2 unspecified atom stereocenters. The molecule has 2 rings (SSSR count). The van der Waals surface area contributed by atoms with Crippen LogP contribution >= 0.6 is 0 Å². The Kier molecular flexibility index (Phi) is 4.83. The Labute approximate surface area is 106 Å². The zero-order valence-electron chi connectivity index (χ0n) is 11.7. The van der Waals surface area contributed by atoms with Crippen LogP contribution in [0.15, 0.2) is 0 Å². The van der Waals surface area contributed by atoms with E-state index in [0.717, 1.165) is 31.2 Å². The minimum Gasteiger partial charge on any atom is -0.383 e. The Hall–Kier alpha value is -0.120. The van der Waals surface area contributed by atoms with Gasteiger partial charge in [0.1, 0.15) is 0 Å². The first-order valence-electron chi connectivity index (χ1n) is 7.19. The summed E-state index contributed by atoms with van der Waals surface area (Å²) in [6.45, 7) is 10.5. The minimum absolute atomic E-state index is 0.722. The molecule has 0 radical (unpaired) electrons. The van der Waals surface area contributed by atoms with E-state index >= 15 is 0 Å². The second-order valence-electron chi connectivity index (χ2n) is 5.94. The first kappa shape index (κ1) is 13.3. The lowest BCUT2D eigenvalue weighted by Crippen LogP contribution is -2.61. The van der Waals surface area contributed by atoms with Crippen molar-refractivity contribution in [2.45, 2.75) is 45.2 Å². The van der Waals surface area contributed by atoms with Gasteiger partial charge in [0.05, 0.1) is 6.61 Å². The molecule has 100 valence electrons. The highest BCUT2D eigenvalue weighted by molar-refractivity contribution is 4.91. The lowest BCUT2D eigenvalue weighted by Gasteiger charge is -2.49. The van der Waals surface area contributed by atoms with Gasteiger partial charge in [-0.3, -0.25) is 9.80 Å². The Morgan fingerprint density at radius 1 is 1.24 bits per heavy atom. The van der Waals surface area contributed by atoms with E-state index in [2.05, 4.69) is 23.6 Å². The van der Waals surface area contributed by atoms with Crippen molar-refractivity contribution in [1.82, 2.24) is 9.80 Å². The van der Waals surface area contributed by atoms with Gasteiger partial charge in [-0.15, -0.1) is 0 Å². The maximum Gasteiger partial charge on any atom is 0.0589 e. The number of piperidine rings is 1. The molecule has 17 heavy (non-hydrogen) atoms. The van der Waals surface area contributed by atoms with Crippen LogP contribution in [0.1, 0.15) is 33.1 Å². The zero-order valence-corrected chi connectivity index (χ0v) is 11.7. The van der Waals surface area contributed by atoms with E-state index in [0.29, 0.717) is 0 Å². The molecular weight excluding hydrogens is 212 g/mol. The number of ether oxygens (including phenoxy) is 1. The van der Waals surface area contributed by atoms with Crippen LogP contribution in [-0.4, -0.2) is 61.8 Å². The maximum atomic E-state index is 5.25. The molecule has 0 bridgehead atoms. The summed E-state index contributed by atoms with van der Waals surface area (Å²) in [6.07, 6.45) is 4.22. The summed E-state index contributed by atoms with van der Waals surface area (Å²) < 4.78 is 5.25. The van der Waals surface area contributed by atoms with Crippen LogP contribution in [0.3, 0.4) is 0 Å². The summed E-state index contributed by atoms with van der Waals surface area (Å²) in [5, 5.41) is 0. The van der Waals surface area contributed by atoms with Crippen LogP contribution in [0.5, 0.6) is 0 Å². The van der Waals surface area contributed by atoms with Gasteiger partial charge >= 0.3 is 0 Å². The molecule has 2 fully saturated rings. The number of nitrogens with zero attached hydrogens (tertiary/aromatic N) is 2. The quantitative estimate of drug-likeness (QED) is 0.745. The normalized spacial score (nSPS) is 31.8. The number of piperazine rings is 1. The highest BCUT2D eigenvalue weighted by Crippen LogP contribution is 2.26. The number of hydrogen-bond donors (Lipinski definition) is 0. The molecule has 2 atom stereocenters. The fraction of sp³-hybridized carbons (Fsp3) is 1.00. The van der Waals surface area contributed by atoms with E-state index in [1.807, 2.05) is 0 Å². The third-order valence-corrected chi connectivity index (χ3v) is 4.44. The Bertz CT molecular complexity index is 232. The van der Waals surface area contributed by atoms with Gasteiger partial charge in [0.15, 0.2) is 0 Å². The van der Waals surface area contributed by atoms with E-state index in [9.17, 15) is 0 Å². The topological polar surface area (TPSA) is 15.7 Å². The lowest BCUT2D eigenvalue weighted by atomic mass is 9.92. The monoisotopic (exact) mass is 240 g/mol. The molecule has 0 saturated carbocycles. The van der Waals surface area contributed by atoms with Crippen molar-refractivity contribution in [3.63, 3.8) is 0 Å². The van der Waals surface area contributed by atoms with Gasteiger partial charge in [-0.25, -0.2) is 0 Å². The summed E-state index contributed by atoms with van der Waals surface area (Å²) in [7, 11) is 1.81. The molecule has 0 aromatic carbocycles. The van der Waals surface area contributed by atoms with Crippen LogP contribution < -0.4 is 0 Å². The molecule has 0 aliphatic carbocycles. The number of methoxy groups -OCH3 is 1. The maximum absolute atomic E-state index is 5.25. The first-order chi connectivity index (χ1) is 8.22. The Morgan fingerprint density at radius 2 is 2.06 bits per heavy atom. The standard InChI is InChI=1S/C14H28N2O/c1-12(2)14-11-15-7-5-4-6-13(15)10-16(14)8-9-17-3/h12-14H,4-11H2,1-3H3. The van der Waals surface area contributed by atoms with Gasteiger partial charge in [0.25, 0.3) is 0 Å². The van der Waals surface area contributed by atoms with Crippen LogP contribution in [0.25, 0.3) is 0 Å². The molecule has 2 aliphatic heterocycles. The average Bonchev–Trinajstić information content (AvgIpc) is 2.35. The molecule has 0 amide bonds. The van der Waals surface area contributed by atoms with Crippen molar-refractivity contribution in [2.24, 2.45) is 5.92 Å². The van der Waals surface area contributed by atoms with Crippen molar-refractivity contribution in [1.29, 1.82) is 0 Å². The highest BCUT2D eigenvalue weighted by atomic mass is 16.5. The fourth-order valence-electron chi connectivity index (χ4n) is 3.37. The molecule has 3 nitrogen and oxygen atoms in total. The predicted octanol–water partition coefficient (Wildman–Crippen LogP) is 1.83. The smallest absolute Gasteiger partial charge is 0.0589 e. The van der Waals surface area contributed by atoms with E-state index in [1.54, 1.807) is 7.11 Å². The van der Waals surface area contributed by atoms with Crippen LogP contribution in [0.2, 0.25) is 0 Å². The van der Waals surface area contributed by atoms with Crippen LogP contribution in [0, 0.1) is 5.92 Å². The van der Waals surface area contributed by atoms with Gasteiger partial charge in [-0.1, -0.05) is 20.3 Å². The second-order valence-corrected chi connectivity index (χ2v) is 5.94. The predicted molar refractivity (Wildman–Crippen MR) is 71.3 cm³/mol. The number of rotatable bonds is 4. The SMILES string of the molecule is COCCN1CC2CCCCN2CC1C(C)C. The van der Waals surface area contributed by atoms with E-state index < -0.39 is 0 Å². The first-order valence-corrected chi connectivity index (χ1v) is 7.19. The molecule has 3 heteroatoms. The van der Waals surface area contributed by atoms with E-state index in [1.165, 1.54) is 38.9 Å². The second kappa shape index (κ2) is 6.17. The van der Waals surface area contributed by atoms with Gasteiger partial charge in [-0.05, 0) is 25.3 Å². The van der Waals surface area contributed by atoms with E-state index in [-0.39, 0.29) is 0 Å². The van der Waals surface area contributed by atoms with Crippen molar-refractivity contribution in [3.8, 4) is 0 Å². The summed E-state index contributed by atoms with van der Waals surface area (Å²) >= 11 is 0. The van der Waals surface area contributed by atoms with Gasteiger partial charge in [-0.2, -0.15) is 0 Å². The highest BCUT2D eigenvalue weighted by Gasteiger charge is 2.35. The Balaban J connectivity index is 1.97. The molecule has 0 aromatic rings. The van der Waals surface area contributed by atoms with Crippen molar-refractivity contribution in [2.75, 3.05) is 39.9 Å². The van der Waals surface area contributed by atoms with Crippen LogP contribution in [-0.2, 0) is 4.74 Å². The third-order valence-electron chi connectivity index (χ3n) is 4.44. The zero-order chi connectivity index (χ0) is 12.3. The van der Waals surface area contributed by atoms with E-state index in [4.69, 9.17) is 4.74 Å². The van der Waals surface area contributed by atoms with Crippen molar-refractivity contribution >= 4 is 0 Å². The molecule has 0 aromatic heterocycles. The van der Waals surface area contributed by atoms with Gasteiger partial charge < -0.3 is 4.74 Å². The number of fused-ring (bicyclic) bond motifs is 1. The summed E-state index contributed by atoms with van der Waals surface area (Å²) in [5.74, 6) is 0.745. The summed E-state index contributed by atoms with van der Waals surface area (Å²) in [5.41, 5.74) is 0. The van der Waals surface area contributed by atoms with Crippen molar-refractivity contribution in [3.05, 3.63) is 0 Å². The molecule has 2 heterocycles. The third kappa shape index (κ3) is 3.21. The summed E-state index contributed by atoms with van der Waals surface area (Å²) in [6, 6.07) is 1.54.